The summed E-state index contributed by atoms with van der Waals surface area (Å²) in [6.45, 7) is 1.19. The van der Waals surface area contributed by atoms with Crippen molar-refractivity contribution in [3.05, 3.63) is 32.6 Å². The summed E-state index contributed by atoms with van der Waals surface area (Å²) >= 11 is 0. The molecular weight excluding hydrogens is 327 g/mol. The van der Waals surface area contributed by atoms with Crippen molar-refractivity contribution in [1.82, 2.24) is 9.55 Å². The number of hydrogen-bond donors (Lipinski definition) is 2. The Morgan fingerprint density at radius 3 is 2.91 bits per heavy atom. The summed E-state index contributed by atoms with van der Waals surface area (Å²) in [6.07, 6.45) is -0.792. The van der Waals surface area contributed by atoms with Gasteiger partial charge in [0.1, 0.15) is 17.9 Å². The van der Waals surface area contributed by atoms with Gasteiger partial charge >= 0.3 is 13.9 Å². The predicted molar refractivity (Wildman–Crippen MR) is 80.4 cm³/mol. The second-order valence-electron chi connectivity index (χ2n) is 4.74. The van der Waals surface area contributed by atoms with Crippen LogP contribution in [0.1, 0.15) is 25.1 Å². The zero-order chi connectivity index (χ0) is 17.0. The first-order chi connectivity index (χ1) is 11.0. The lowest BCUT2D eigenvalue weighted by atomic mass is 10.2. The second-order valence-corrected chi connectivity index (χ2v) is 5.89. The molecule has 1 aromatic heterocycles. The monoisotopic (exact) mass is 344 g/mol. The molecule has 1 aromatic rings. The van der Waals surface area contributed by atoms with Crippen molar-refractivity contribution in [2.45, 2.75) is 31.8 Å². The summed E-state index contributed by atoms with van der Waals surface area (Å²) in [5, 5.41) is 9.33. The molecule has 1 unspecified atom stereocenters. The van der Waals surface area contributed by atoms with E-state index in [9.17, 15) is 19.3 Å². The Hall–Kier alpha value is -1.69. The quantitative estimate of drug-likeness (QED) is 0.551. The van der Waals surface area contributed by atoms with E-state index >= 15 is 0 Å². The molecule has 2 rings (SSSR count). The van der Waals surface area contributed by atoms with Crippen LogP contribution < -0.4 is 11.2 Å². The van der Waals surface area contributed by atoms with Crippen LogP contribution in [-0.4, -0.2) is 40.6 Å². The molecular formula is C13H17N2O7P. The van der Waals surface area contributed by atoms with Crippen LogP contribution in [0, 0.1) is 11.8 Å². The van der Waals surface area contributed by atoms with Crippen molar-refractivity contribution in [2.24, 2.45) is 0 Å². The van der Waals surface area contributed by atoms with Gasteiger partial charge in [-0.2, -0.15) is 0 Å². The van der Waals surface area contributed by atoms with E-state index in [-0.39, 0.29) is 18.6 Å². The predicted octanol–water partition coefficient (Wildman–Crippen LogP) is -0.391. The molecule has 1 saturated heterocycles. The van der Waals surface area contributed by atoms with Gasteiger partial charge in [-0.05, 0) is 6.92 Å². The van der Waals surface area contributed by atoms with E-state index in [2.05, 4.69) is 21.3 Å². The average Bonchev–Trinajstić information content (AvgIpc) is 2.92. The van der Waals surface area contributed by atoms with Crippen molar-refractivity contribution in [3.63, 3.8) is 0 Å². The molecule has 0 radical (unpaired) electrons. The molecule has 10 heteroatoms. The van der Waals surface area contributed by atoms with Gasteiger partial charge in [0.05, 0.1) is 12.7 Å². The van der Waals surface area contributed by atoms with Crippen molar-refractivity contribution in [1.29, 1.82) is 0 Å². The molecule has 0 bridgehead atoms. The maximum absolute atomic E-state index is 12.0. The van der Waals surface area contributed by atoms with Crippen LogP contribution in [-0.2, 0) is 18.3 Å². The number of hydrogen-bond acceptors (Lipinski definition) is 7. The molecule has 2 heterocycles. The number of aromatic amines is 1. The van der Waals surface area contributed by atoms with Gasteiger partial charge in [-0.3, -0.25) is 18.9 Å². The van der Waals surface area contributed by atoms with Crippen LogP contribution >= 0.6 is 8.25 Å². The van der Waals surface area contributed by atoms with Crippen molar-refractivity contribution < 1.29 is 23.5 Å². The molecule has 0 amide bonds. The van der Waals surface area contributed by atoms with Crippen LogP contribution in [0.2, 0.25) is 0 Å². The minimum absolute atomic E-state index is 0.117. The van der Waals surface area contributed by atoms with E-state index in [1.165, 1.54) is 13.3 Å². The Kier molecular flexibility index (Phi) is 5.93. The molecule has 1 fully saturated rings. The summed E-state index contributed by atoms with van der Waals surface area (Å²) in [7, 11) is -1.46. The van der Waals surface area contributed by atoms with Gasteiger partial charge in [-0.1, -0.05) is 5.92 Å². The highest BCUT2D eigenvalue weighted by atomic mass is 31.1. The highest BCUT2D eigenvalue weighted by Gasteiger charge is 2.38. The van der Waals surface area contributed by atoms with E-state index in [1.54, 1.807) is 6.92 Å². The Morgan fingerprint density at radius 2 is 2.30 bits per heavy atom. The summed E-state index contributed by atoms with van der Waals surface area (Å²) in [4.78, 5) is 25.7. The molecule has 4 atom stereocenters. The maximum atomic E-state index is 12.0. The van der Waals surface area contributed by atoms with Crippen LogP contribution in [0.5, 0.6) is 0 Å². The Labute approximate surface area is 132 Å². The van der Waals surface area contributed by atoms with Crippen LogP contribution in [0.3, 0.4) is 0 Å². The highest BCUT2D eigenvalue weighted by molar-refractivity contribution is 7.33. The third-order valence-electron chi connectivity index (χ3n) is 3.31. The minimum atomic E-state index is -2.70. The molecule has 126 valence electrons. The van der Waals surface area contributed by atoms with Gasteiger partial charge in [0.2, 0.25) is 0 Å². The lowest BCUT2D eigenvalue weighted by Crippen LogP contribution is -2.33. The minimum Gasteiger partial charge on any atom is -0.394 e. The number of aliphatic hydroxyl groups excluding tert-OH is 1. The molecule has 23 heavy (non-hydrogen) atoms. The second kappa shape index (κ2) is 7.73. The molecule has 2 N–H and O–H groups in total. The first-order valence-electron chi connectivity index (χ1n) is 6.79. The Bertz CT molecular complexity index is 760. The number of H-pyrrole nitrogens is 1. The fraction of sp³-hybridized carbons (Fsp3) is 0.538. The summed E-state index contributed by atoms with van der Waals surface area (Å²) in [6, 6.07) is 0. The third-order valence-corrected chi connectivity index (χ3v) is 4.14. The SMILES string of the molecule is CC#Cc1cn([C@H]2C[C@@H](O[PH](=O)OC)[C@@H](CO)O2)c(=O)[nH]c1=O. The van der Waals surface area contributed by atoms with Gasteiger partial charge in [-0.25, -0.2) is 4.79 Å². The number of nitrogens with one attached hydrogen (secondary N) is 1. The smallest absolute Gasteiger partial charge is 0.330 e. The van der Waals surface area contributed by atoms with Gasteiger partial charge in [0.25, 0.3) is 5.56 Å². The number of rotatable bonds is 5. The summed E-state index contributed by atoms with van der Waals surface area (Å²) in [5.74, 6) is 5.17. The molecule has 0 aliphatic carbocycles. The zero-order valence-electron chi connectivity index (χ0n) is 12.6. The van der Waals surface area contributed by atoms with Gasteiger partial charge < -0.3 is 18.9 Å². The van der Waals surface area contributed by atoms with E-state index in [0.29, 0.717) is 0 Å². The first kappa shape index (κ1) is 17.7. The molecule has 0 spiro atoms. The van der Waals surface area contributed by atoms with Crippen LogP contribution in [0.25, 0.3) is 0 Å². The van der Waals surface area contributed by atoms with E-state index in [1.807, 2.05) is 0 Å². The van der Waals surface area contributed by atoms with Crippen molar-refractivity contribution >= 4 is 8.25 Å². The molecule has 1 aliphatic heterocycles. The molecule has 1 aliphatic rings. The van der Waals surface area contributed by atoms with E-state index in [0.717, 1.165) is 4.57 Å². The van der Waals surface area contributed by atoms with Gasteiger partial charge in [0, 0.05) is 19.7 Å². The highest BCUT2D eigenvalue weighted by Crippen LogP contribution is 2.36. The van der Waals surface area contributed by atoms with Gasteiger partial charge in [0.15, 0.2) is 0 Å². The lowest BCUT2D eigenvalue weighted by molar-refractivity contribution is -0.0426. The summed E-state index contributed by atoms with van der Waals surface area (Å²) in [5.41, 5.74) is -1.14. The van der Waals surface area contributed by atoms with E-state index in [4.69, 9.17) is 9.26 Å². The normalized spacial score (nSPS) is 24.9. The van der Waals surface area contributed by atoms with Crippen molar-refractivity contribution in [2.75, 3.05) is 13.7 Å². The van der Waals surface area contributed by atoms with Crippen LogP contribution in [0.4, 0.5) is 0 Å². The fourth-order valence-corrected chi connectivity index (χ4v) is 2.85. The Morgan fingerprint density at radius 1 is 1.57 bits per heavy atom. The fourth-order valence-electron chi connectivity index (χ4n) is 2.25. The summed E-state index contributed by atoms with van der Waals surface area (Å²) < 4.78 is 27.9. The Balaban J connectivity index is 2.30. The molecule has 0 saturated carbocycles. The van der Waals surface area contributed by atoms with Crippen LogP contribution in [0.15, 0.2) is 15.8 Å². The zero-order valence-corrected chi connectivity index (χ0v) is 13.6. The molecule has 0 aromatic carbocycles. The first-order valence-corrected chi connectivity index (χ1v) is 8.01. The number of aliphatic hydroxyl groups is 1. The topological polar surface area (TPSA) is 120 Å². The average molecular weight is 344 g/mol. The standard InChI is InChI=1S/C13H17N2O7P/c1-3-4-8-6-15(13(18)14-12(8)17)11-5-9(10(7-16)21-11)22-23(19)20-2/h6,9-11,16,23H,5,7H2,1-2H3,(H,14,17,18)/t9-,10-,11-/m1/s1. The molecule has 9 nitrogen and oxygen atoms in total. The van der Waals surface area contributed by atoms with Gasteiger partial charge in [-0.15, -0.1) is 5.92 Å². The van der Waals surface area contributed by atoms with Crippen molar-refractivity contribution in [3.8, 4) is 11.8 Å². The third kappa shape index (κ3) is 3.99. The number of nitrogens with zero attached hydrogens (tertiary/aromatic N) is 1. The lowest BCUT2D eigenvalue weighted by Gasteiger charge is -2.15. The maximum Gasteiger partial charge on any atom is 0.330 e. The van der Waals surface area contributed by atoms with E-state index < -0.39 is 37.9 Å². The number of aromatic nitrogens is 2. The number of ether oxygens (including phenoxy) is 1. The largest absolute Gasteiger partial charge is 0.394 e.